The number of aliphatic carboxylic acids is 1. The molecule has 0 spiro atoms. The lowest BCUT2D eigenvalue weighted by Gasteiger charge is -2.17. The van der Waals surface area contributed by atoms with E-state index in [0.29, 0.717) is 18.0 Å². The monoisotopic (exact) mass is 349 g/mol. The molecule has 6 nitrogen and oxygen atoms in total. The molecule has 3 N–H and O–H groups in total. The Morgan fingerprint density at radius 3 is 2.58 bits per heavy atom. The van der Waals surface area contributed by atoms with Gasteiger partial charge in [0.15, 0.2) is 0 Å². The summed E-state index contributed by atoms with van der Waals surface area (Å²) in [5.41, 5.74) is 0.773. The first-order chi connectivity index (χ1) is 11.4. The summed E-state index contributed by atoms with van der Waals surface area (Å²) in [6.07, 6.45) is 1.91. The minimum Gasteiger partial charge on any atom is -0.480 e. The Kier molecular flexibility index (Phi) is 7.80. The predicted octanol–water partition coefficient (Wildman–Crippen LogP) is 2.10. The Balaban J connectivity index is 2.60. The molecule has 0 heterocycles. The number of halogens is 1. The lowest BCUT2D eigenvalue weighted by atomic mass is 10.0. The molecule has 1 aromatic carbocycles. The summed E-state index contributed by atoms with van der Waals surface area (Å²) in [6.45, 7) is 3.84. The number of carbonyl (C=O) groups is 2. The number of carboxylic acid groups (broad SMARTS) is 1. The van der Waals surface area contributed by atoms with Gasteiger partial charge in [0.05, 0.1) is 0 Å². The minimum absolute atomic E-state index is 0.180. The van der Waals surface area contributed by atoms with Gasteiger partial charge in [-0.05, 0) is 24.0 Å². The molecule has 1 amide bonds. The maximum Gasteiger partial charge on any atom is 0.326 e. The first-order valence-corrected chi connectivity index (χ1v) is 7.85. The number of nitrogens with zero attached hydrogens (tertiary/aromatic N) is 1. The summed E-state index contributed by atoms with van der Waals surface area (Å²) in [7, 11) is 0. The highest BCUT2D eigenvalue weighted by Gasteiger charge is 2.24. The van der Waals surface area contributed by atoms with Gasteiger partial charge in [-0.3, -0.25) is 4.79 Å². The summed E-state index contributed by atoms with van der Waals surface area (Å²) >= 11 is 6.04. The highest BCUT2D eigenvalue weighted by Crippen LogP contribution is 2.14. The van der Waals surface area contributed by atoms with E-state index in [2.05, 4.69) is 10.6 Å². The molecule has 0 aliphatic carbocycles. The Hall–Kier alpha value is -2.52. The van der Waals surface area contributed by atoms with E-state index in [0.717, 1.165) is 5.56 Å². The van der Waals surface area contributed by atoms with Crippen molar-refractivity contribution in [2.75, 3.05) is 6.54 Å². The van der Waals surface area contributed by atoms with Crippen LogP contribution in [-0.2, 0) is 16.0 Å². The number of hydrogen-bond donors (Lipinski definition) is 3. The number of carboxylic acids is 1. The second-order valence-corrected chi connectivity index (χ2v) is 5.91. The van der Waals surface area contributed by atoms with Gasteiger partial charge < -0.3 is 15.7 Å². The van der Waals surface area contributed by atoms with E-state index in [1.165, 1.54) is 6.20 Å². The van der Waals surface area contributed by atoms with Gasteiger partial charge in [0.25, 0.3) is 5.91 Å². The van der Waals surface area contributed by atoms with Gasteiger partial charge in [-0.25, -0.2) is 4.79 Å². The lowest BCUT2D eigenvalue weighted by Crippen LogP contribution is -2.44. The Morgan fingerprint density at radius 1 is 1.38 bits per heavy atom. The fourth-order valence-corrected chi connectivity index (χ4v) is 2.19. The van der Waals surface area contributed by atoms with Gasteiger partial charge in [0, 0.05) is 17.8 Å². The molecular weight excluding hydrogens is 330 g/mol. The van der Waals surface area contributed by atoms with Crippen molar-refractivity contribution in [1.82, 2.24) is 10.6 Å². The Morgan fingerprint density at radius 2 is 2.04 bits per heavy atom. The molecule has 1 rings (SSSR count). The van der Waals surface area contributed by atoms with Crippen LogP contribution in [-0.4, -0.2) is 29.6 Å². The normalized spacial score (nSPS) is 12.4. The Bertz CT molecular complexity index is 665. The topological polar surface area (TPSA) is 102 Å². The van der Waals surface area contributed by atoms with Crippen LogP contribution in [0.5, 0.6) is 0 Å². The standard InChI is InChI=1S/C17H20ClN3O3/c1-11(2)15(17(23)24)21-16(22)13(9-19)10-20-8-7-12-5-3-4-6-14(12)18/h3-6,10-11,15,20H,7-8H2,1-2H3,(H,21,22)(H,23,24)/b13-10-. The van der Waals surface area contributed by atoms with Crippen LogP contribution in [0.1, 0.15) is 19.4 Å². The van der Waals surface area contributed by atoms with Gasteiger partial charge in [-0.15, -0.1) is 0 Å². The molecule has 0 aliphatic heterocycles. The van der Waals surface area contributed by atoms with Gasteiger partial charge in [-0.2, -0.15) is 5.26 Å². The fourth-order valence-electron chi connectivity index (χ4n) is 1.96. The van der Waals surface area contributed by atoms with Gasteiger partial charge in [-0.1, -0.05) is 43.6 Å². The van der Waals surface area contributed by atoms with Crippen LogP contribution >= 0.6 is 11.6 Å². The van der Waals surface area contributed by atoms with Crippen LogP contribution in [0.3, 0.4) is 0 Å². The van der Waals surface area contributed by atoms with Crippen LogP contribution < -0.4 is 10.6 Å². The number of hydrogen-bond acceptors (Lipinski definition) is 4. The number of carbonyl (C=O) groups excluding carboxylic acids is 1. The summed E-state index contributed by atoms with van der Waals surface area (Å²) in [5.74, 6) is -2.15. The van der Waals surface area contributed by atoms with Crippen LogP contribution in [0, 0.1) is 17.2 Å². The average molecular weight is 350 g/mol. The van der Waals surface area contributed by atoms with Crippen molar-refractivity contribution in [2.45, 2.75) is 26.3 Å². The van der Waals surface area contributed by atoms with E-state index in [9.17, 15) is 9.59 Å². The molecule has 128 valence electrons. The van der Waals surface area contributed by atoms with Gasteiger partial charge in [0.2, 0.25) is 0 Å². The largest absolute Gasteiger partial charge is 0.480 e. The van der Waals surface area contributed by atoms with Crippen LogP contribution in [0.4, 0.5) is 0 Å². The third kappa shape index (κ3) is 5.94. The number of rotatable bonds is 8. The molecule has 24 heavy (non-hydrogen) atoms. The van der Waals surface area contributed by atoms with Crippen molar-refractivity contribution in [3.05, 3.63) is 46.6 Å². The SMILES string of the molecule is CC(C)C(NC(=O)/C(C#N)=C\NCCc1ccccc1Cl)C(=O)O. The molecule has 0 aromatic heterocycles. The summed E-state index contributed by atoms with van der Waals surface area (Å²) in [5, 5.41) is 24.0. The van der Waals surface area contributed by atoms with E-state index in [1.54, 1.807) is 26.0 Å². The van der Waals surface area contributed by atoms with Crippen LogP contribution in [0.15, 0.2) is 36.0 Å². The van der Waals surface area contributed by atoms with E-state index in [-0.39, 0.29) is 11.5 Å². The highest BCUT2D eigenvalue weighted by atomic mass is 35.5. The van der Waals surface area contributed by atoms with Crippen molar-refractivity contribution < 1.29 is 14.7 Å². The third-order valence-corrected chi connectivity index (χ3v) is 3.70. The number of nitriles is 1. The van der Waals surface area contributed by atoms with E-state index < -0.39 is 17.9 Å². The first kappa shape index (κ1) is 19.5. The Labute approximate surface area is 146 Å². The number of amides is 1. The molecule has 0 radical (unpaired) electrons. The average Bonchev–Trinajstić information content (AvgIpc) is 2.53. The quantitative estimate of drug-likeness (QED) is 0.379. The first-order valence-electron chi connectivity index (χ1n) is 7.47. The third-order valence-electron chi connectivity index (χ3n) is 3.33. The lowest BCUT2D eigenvalue weighted by molar-refractivity contribution is -0.142. The van der Waals surface area contributed by atoms with E-state index in [1.807, 2.05) is 18.2 Å². The molecule has 0 saturated heterocycles. The van der Waals surface area contributed by atoms with Crippen molar-refractivity contribution in [1.29, 1.82) is 5.26 Å². The van der Waals surface area contributed by atoms with Gasteiger partial charge in [0.1, 0.15) is 17.7 Å². The second kappa shape index (κ2) is 9.58. The predicted molar refractivity (Wildman–Crippen MR) is 91.3 cm³/mol. The molecule has 1 aromatic rings. The van der Waals surface area contributed by atoms with Crippen LogP contribution in [0.2, 0.25) is 5.02 Å². The van der Waals surface area contributed by atoms with E-state index >= 15 is 0 Å². The molecule has 1 atom stereocenters. The van der Waals surface area contributed by atoms with Crippen molar-refractivity contribution in [2.24, 2.45) is 5.92 Å². The molecule has 0 bridgehead atoms. The van der Waals surface area contributed by atoms with Crippen LogP contribution in [0.25, 0.3) is 0 Å². The molecule has 0 saturated carbocycles. The minimum atomic E-state index is -1.14. The number of nitrogens with one attached hydrogen (secondary N) is 2. The highest BCUT2D eigenvalue weighted by molar-refractivity contribution is 6.31. The maximum atomic E-state index is 12.0. The summed E-state index contributed by atoms with van der Waals surface area (Å²) < 4.78 is 0. The second-order valence-electron chi connectivity index (χ2n) is 5.50. The summed E-state index contributed by atoms with van der Waals surface area (Å²) in [6, 6.07) is 8.12. The van der Waals surface area contributed by atoms with Gasteiger partial charge >= 0.3 is 5.97 Å². The van der Waals surface area contributed by atoms with Crippen molar-refractivity contribution >= 4 is 23.5 Å². The number of benzene rings is 1. The molecule has 1 unspecified atom stereocenters. The zero-order valence-corrected chi connectivity index (χ0v) is 14.3. The van der Waals surface area contributed by atoms with E-state index in [4.69, 9.17) is 22.0 Å². The van der Waals surface area contributed by atoms with Crippen molar-refractivity contribution in [3.63, 3.8) is 0 Å². The molecule has 0 aliphatic rings. The zero-order valence-electron chi connectivity index (χ0n) is 13.5. The summed E-state index contributed by atoms with van der Waals surface area (Å²) in [4.78, 5) is 23.1. The van der Waals surface area contributed by atoms with Crippen molar-refractivity contribution in [3.8, 4) is 6.07 Å². The maximum absolute atomic E-state index is 12.0. The zero-order chi connectivity index (χ0) is 18.1. The fraction of sp³-hybridized carbons (Fsp3) is 0.353. The molecular formula is C17H20ClN3O3. The molecule has 0 fully saturated rings. The molecule has 7 heteroatoms. The smallest absolute Gasteiger partial charge is 0.326 e.